The Labute approximate surface area is 127 Å². The number of nitrogens with one attached hydrogen (secondary N) is 1. The lowest BCUT2D eigenvalue weighted by molar-refractivity contribution is 1.15. The van der Waals surface area contributed by atoms with E-state index in [1.165, 1.54) is 0 Å². The van der Waals surface area contributed by atoms with E-state index in [2.05, 4.69) is 16.4 Å². The van der Waals surface area contributed by atoms with E-state index in [9.17, 15) is 0 Å². The fourth-order valence-corrected chi connectivity index (χ4v) is 2.44. The summed E-state index contributed by atoms with van der Waals surface area (Å²) in [6, 6.07) is 15.5. The van der Waals surface area contributed by atoms with Gasteiger partial charge in [-0.25, -0.2) is 0 Å². The number of aromatic nitrogens is 1. The van der Waals surface area contributed by atoms with E-state index in [1.54, 1.807) is 12.3 Å². The van der Waals surface area contributed by atoms with Gasteiger partial charge in [-0.3, -0.25) is 4.98 Å². The van der Waals surface area contributed by atoms with Crippen molar-refractivity contribution in [2.24, 2.45) is 0 Å². The quantitative estimate of drug-likeness (QED) is 0.723. The van der Waals surface area contributed by atoms with Crippen molar-refractivity contribution >= 4 is 39.8 Å². The summed E-state index contributed by atoms with van der Waals surface area (Å²) in [6.07, 6.45) is 1.79. The first-order chi connectivity index (χ1) is 9.72. The lowest BCUT2D eigenvalue weighted by Crippen LogP contribution is -2.00. The second-order valence-corrected chi connectivity index (χ2v) is 5.34. The van der Waals surface area contributed by atoms with Crippen LogP contribution in [0.25, 0.3) is 10.9 Å². The van der Waals surface area contributed by atoms with Gasteiger partial charge in [0.25, 0.3) is 0 Å². The molecule has 0 bridgehead atoms. The predicted molar refractivity (Wildman–Crippen MR) is 85.5 cm³/mol. The maximum atomic E-state index is 6.15. The smallest absolute Gasteiger partial charge is 0.0703 e. The van der Waals surface area contributed by atoms with Crippen LogP contribution < -0.4 is 5.32 Å². The van der Waals surface area contributed by atoms with E-state index >= 15 is 0 Å². The van der Waals surface area contributed by atoms with Crippen LogP contribution in [0.5, 0.6) is 0 Å². The molecule has 20 heavy (non-hydrogen) atoms. The lowest BCUT2D eigenvalue weighted by Gasteiger charge is -2.09. The van der Waals surface area contributed by atoms with Gasteiger partial charge < -0.3 is 5.32 Å². The minimum atomic E-state index is 0.630. The Morgan fingerprint density at radius 2 is 1.90 bits per heavy atom. The molecule has 3 rings (SSSR count). The molecule has 0 fully saturated rings. The maximum Gasteiger partial charge on any atom is 0.0703 e. The molecular weight excluding hydrogens is 291 g/mol. The van der Waals surface area contributed by atoms with Crippen LogP contribution in [-0.2, 0) is 6.54 Å². The van der Waals surface area contributed by atoms with E-state index < -0.39 is 0 Å². The SMILES string of the molecule is Clc1ccc(Cl)c(CNc2ccc3ncccc3c2)c1. The van der Waals surface area contributed by atoms with Crippen LogP contribution in [0, 0.1) is 0 Å². The zero-order valence-corrected chi connectivity index (χ0v) is 12.1. The summed E-state index contributed by atoms with van der Waals surface area (Å²) in [7, 11) is 0. The summed E-state index contributed by atoms with van der Waals surface area (Å²) in [4.78, 5) is 4.30. The number of anilines is 1. The van der Waals surface area contributed by atoms with Gasteiger partial charge in [0.1, 0.15) is 0 Å². The van der Waals surface area contributed by atoms with Crippen LogP contribution in [-0.4, -0.2) is 4.98 Å². The Morgan fingerprint density at radius 3 is 2.80 bits per heavy atom. The van der Waals surface area contributed by atoms with Crippen molar-refractivity contribution in [3.8, 4) is 0 Å². The summed E-state index contributed by atoms with van der Waals surface area (Å²) in [5.74, 6) is 0. The molecule has 0 atom stereocenters. The van der Waals surface area contributed by atoms with E-state index in [-0.39, 0.29) is 0 Å². The van der Waals surface area contributed by atoms with Crippen LogP contribution >= 0.6 is 23.2 Å². The molecule has 0 unspecified atom stereocenters. The Hall–Kier alpha value is -1.77. The van der Waals surface area contributed by atoms with Crippen LogP contribution in [0.3, 0.4) is 0 Å². The summed E-state index contributed by atoms with van der Waals surface area (Å²) in [6.45, 7) is 0.630. The molecule has 100 valence electrons. The van der Waals surface area contributed by atoms with Gasteiger partial charge in [0.2, 0.25) is 0 Å². The lowest BCUT2D eigenvalue weighted by atomic mass is 10.2. The second-order valence-electron chi connectivity index (χ2n) is 4.50. The third-order valence-electron chi connectivity index (χ3n) is 3.09. The van der Waals surface area contributed by atoms with Crippen LogP contribution in [0.4, 0.5) is 5.69 Å². The van der Waals surface area contributed by atoms with E-state index in [1.807, 2.05) is 36.4 Å². The van der Waals surface area contributed by atoms with E-state index in [4.69, 9.17) is 23.2 Å². The third-order valence-corrected chi connectivity index (χ3v) is 3.70. The molecule has 1 N–H and O–H groups in total. The normalized spacial score (nSPS) is 10.7. The van der Waals surface area contributed by atoms with Crippen molar-refractivity contribution in [2.45, 2.75) is 6.54 Å². The fourth-order valence-electron chi connectivity index (χ4n) is 2.06. The summed E-state index contributed by atoms with van der Waals surface area (Å²) >= 11 is 12.1. The second kappa shape index (κ2) is 5.70. The molecule has 0 aliphatic heterocycles. The van der Waals surface area contributed by atoms with Gasteiger partial charge in [-0.1, -0.05) is 29.3 Å². The molecule has 1 heterocycles. The van der Waals surface area contributed by atoms with Crippen molar-refractivity contribution in [3.05, 3.63) is 70.3 Å². The Balaban J connectivity index is 1.81. The summed E-state index contributed by atoms with van der Waals surface area (Å²) in [5, 5.41) is 5.86. The first-order valence-electron chi connectivity index (χ1n) is 6.25. The molecule has 0 saturated carbocycles. The van der Waals surface area contributed by atoms with E-state index in [0.717, 1.165) is 22.2 Å². The number of hydrogen-bond acceptors (Lipinski definition) is 2. The number of halogens is 2. The number of rotatable bonds is 3. The standard InChI is InChI=1S/C16H12Cl2N2/c17-13-3-5-15(18)12(8-13)10-20-14-4-6-16-11(9-14)2-1-7-19-16/h1-9,20H,10H2. The van der Waals surface area contributed by atoms with Gasteiger partial charge in [-0.15, -0.1) is 0 Å². The highest BCUT2D eigenvalue weighted by molar-refractivity contribution is 6.33. The largest absolute Gasteiger partial charge is 0.381 e. The minimum absolute atomic E-state index is 0.630. The maximum absolute atomic E-state index is 6.15. The zero-order valence-electron chi connectivity index (χ0n) is 10.6. The number of hydrogen-bond donors (Lipinski definition) is 1. The summed E-state index contributed by atoms with van der Waals surface area (Å²) in [5.41, 5.74) is 2.99. The van der Waals surface area contributed by atoms with Crippen LogP contribution in [0.15, 0.2) is 54.7 Å². The number of benzene rings is 2. The third kappa shape index (κ3) is 2.87. The average Bonchev–Trinajstić information content (AvgIpc) is 2.48. The van der Waals surface area contributed by atoms with Gasteiger partial charge in [0.05, 0.1) is 5.52 Å². The molecule has 0 radical (unpaired) electrons. The molecule has 3 aromatic rings. The molecule has 2 nitrogen and oxygen atoms in total. The topological polar surface area (TPSA) is 24.9 Å². The molecule has 2 aromatic carbocycles. The molecule has 4 heteroatoms. The van der Waals surface area contributed by atoms with Gasteiger partial charge in [0, 0.05) is 33.9 Å². The molecular formula is C16H12Cl2N2. The van der Waals surface area contributed by atoms with Crippen molar-refractivity contribution < 1.29 is 0 Å². The van der Waals surface area contributed by atoms with E-state index in [0.29, 0.717) is 16.6 Å². The number of fused-ring (bicyclic) bond motifs is 1. The van der Waals surface area contributed by atoms with Gasteiger partial charge in [-0.2, -0.15) is 0 Å². The molecule has 0 spiro atoms. The van der Waals surface area contributed by atoms with Gasteiger partial charge in [-0.05, 0) is 48.0 Å². The first-order valence-corrected chi connectivity index (χ1v) is 7.00. The molecule has 0 aliphatic carbocycles. The Kier molecular flexibility index (Phi) is 3.77. The van der Waals surface area contributed by atoms with Crippen molar-refractivity contribution in [1.29, 1.82) is 0 Å². The fraction of sp³-hybridized carbons (Fsp3) is 0.0625. The molecule has 0 aliphatic rings. The number of pyridine rings is 1. The first kappa shape index (κ1) is 13.2. The molecule has 0 saturated heterocycles. The molecule has 0 amide bonds. The monoisotopic (exact) mass is 302 g/mol. The van der Waals surface area contributed by atoms with Crippen molar-refractivity contribution in [1.82, 2.24) is 4.98 Å². The minimum Gasteiger partial charge on any atom is -0.381 e. The van der Waals surface area contributed by atoms with Crippen molar-refractivity contribution in [3.63, 3.8) is 0 Å². The summed E-state index contributed by atoms with van der Waals surface area (Å²) < 4.78 is 0. The average molecular weight is 303 g/mol. The molecule has 1 aromatic heterocycles. The highest BCUT2D eigenvalue weighted by Gasteiger charge is 2.02. The van der Waals surface area contributed by atoms with Gasteiger partial charge in [0.15, 0.2) is 0 Å². The highest BCUT2D eigenvalue weighted by Crippen LogP contribution is 2.23. The predicted octanol–water partition coefficient (Wildman–Crippen LogP) is 5.15. The van der Waals surface area contributed by atoms with Crippen LogP contribution in [0.1, 0.15) is 5.56 Å². The Morgan fingerprint density at radius 1 is 1.00 bits per heavy atom. The van der Waals surface area contributed by atoms with Crippen molar-refractivity contribution in [2.75, 3.05) is 5.32 Å². The zero-order chi connectivity index (χ0) is 13.9. The number of nitrogens with zero attached hydrogens (tertiary/aromatic N) is 1. The highest BCUT2D eigenvalue weighted by atomic mass is 35.5. The Bertz CT molecular complexity index is 756. The van der Waals surface area contributed by atoms with Gasteiger partial charge >= 0.3 is 0 Å². The van der Waals surface area contributed by atoms with Crippen LogP contribution in [0.2, 0.25) is 10.0 Å².